The highest BCUT2D eigenvalue weighted by atomic mass is 32.2. The first kappa shape index (κ1) is 50.7. The van der Waals surface area contributed by atoms with Crippen LogP contribution < -0.4 is 5.73 Å². The van der Waals surface area contributed by atoms with Gasteiger partial charge in [-0.3, -0.25) is 28.3 Å². The van der Waals surface area contributed by atoms with Crippen molar-refractivity contribution in [3.8, 4) is 23.2 Å². The molecule has 0 saturated heterocycles. The number of anilines is 1. The Bertz CT molecular complexity index is 4040. The molecule has 0 aromatic heterocycles. The van der Waals surface area contributed by atoms with Crippen molar-refractivity contribution in [2.45, 2.75) is 24.5 Å². The van der Waals surface area contributed by atoms with Gasteiger partial charge in [-0.25, -0.2) is 0 Å². The fourth-order valence-corrected chi connectivity index (χ4v) is 9.54. The molecule has 26 nitrogen and oxygen atoms in total. The van der Waals surface area contributed by atoms with Crippen molar-refractivity contribution in [2.24, 2.45) is 40.9 Å². The van der Waals surface area contributed by atoms with Crippen LogP contribution >= 0.6 is 11.8 Å². The highest BCUT2D eigenvalue weighted by molar-refractivity contribution is 8.03. The van der Waals surface area contributed by atoms with Crippen LogP contribution in [0.15, 0.2) is 169 Å². The van der Waals surface area contributed by atoms with Gasteiger partial charge in [0.05, 0.1) is 38.0 Å². The smallest absolute Gasteiger partial charge is 0.297 e. The Balaban J connectivity index is 1.28. The van der Waals surface area contributed by atoms with E-state index in [0.717, 1.165) is 54.2 Å². The number of nitrogens with two attached hydrogens (primary N) is 1. The number of thioether (sulfide) groups is 1. The second kappa shape index (κ2) is 19.3. The summed E-state index contributed by atoms with van der Waals surface area (Å²) in [5, 5.41) is 65.2. The second-order valence-electron chi connectivity index (χ2n) is 14.1. The summed E-state index contributed by atoms with van der Waals surface area (Å²) in [6.07, 6.45) is 5.26. The number of phenolic OH excluding ortho intramolecular Hbond substituents is 2. The highest BCUT2D eigenvalue weighted by Gasteiger charge is 2.29. The number of azo groups is 4. The lowest BCUT2D eigenvalue weighted by Crippen LogP contribution is -2.03. The van der Waals surface area contributed by atoms with Crippen LogP contribution in [-0.2, 0) is 40.5 Å². The van der Waals surface area contributed by atoms with Crippen LogP contribution in [0.4, 0.5) is 56.9 Å². The Morgan fingerprint density at radius 2 is 1.04 bits per heavy atom. The Labute approximate surface area is 403 Å². The number of nitrogen functional groups attached to an aromatic ring is 1. The molecule has 31 heteroatoms. The molecule has 7 aromatic rings. The molecule has 0 heterocycles. The topological polar surface area (TPSA) is 426 Å². The summed E-state index contributed by atoms with van der Waals surface area (Å²) in [6.45, 7) is 0. The molecule has 0 saturated carbocycles. The normalized spacial score (nSPS) is 12.8. The number of benzene rings is 7. The first-order valence-corrected chi connectivity index (χ1v) is 25.4. The van der Waals surface area contributed by atoms with Gasteiger partial charge in [0.1, 0.15) is 37.4 Å². The van der Waals surface area contributed by atoms with E-state index in [-0.39, 0.29) is 27.6 Å². The standard InChI is InChI=1S/C40H26N10O16S5/c1-2-67-23-9-14-28(32(17-23)50(53)54)45-46-29-15-13-26-33(69(58,59)60)19-31(36(41)35(26)39(29)52)48-47-30-16-12-25-27(40(30)71(64,65)66)18-34(70(61,62)63)37(38(25)51)49-44-21-5-3-20(4-6-21)42-43-22-7-10-24(11-8-22)68(55,56)57/h1,3-19,51-52H,41H2,(H,55,56,57)(H,58,59,60)(H,61,62,63)(H,64,65,66). The highest BCUT2D eigenvalue weighted by Crippen LogP contribution is 2.48. The molecule has 0 bridgehead atoms. The molecule has 0 spiro atoms. The predicted molar refractivity (Wildman–Crippen MR) is 252 cm³/mol. The van der Waals surface area contributed by atoms with Crippen molar-refractivity contribution >= 4 is 131 Å². The number of rotatable bonds is 14. The third-order valence-corrected chi connectivity index (χ3v) is 13.8. The molecule has 0 atom stereocenters. The molecule has 7 aromatic carbocycles. The quantitative estimate of drug-likeness (QED) is 0.0101. The summed E-state index contributed by atoms with van der Waals surface area (Å²) in [4.78, 5) is 7.58. The number of aromatic hydroxyl groups is 2. The lowest BCUT2D eigenvalue weighted by molar-refractivity contribution is -0.384. The third kappa shape index (κ3) is 11.0. The van der Waals surface area contributed by atoms with Crippen LogP contribution in [0.5, 0.6) is 11.5 Å². The Hall–Kier alpha value is -8.19. The molecule has 362 valence electrons. The van der Waals surface area contributed by atoms with Crippen molar-refractivity contribution in [3.05, 3.63) is 113 Å². The SMILES string of the molecule is C#CSc1ccc(N=Nc2ccc3c(S(=O)(=O)O)cc(N=Nc4ccc5c(O)c(N=Nc6ccc(N=Nc7ccc(S(=O)(=O)O)cc7)cc6)c(S(=O)(=O)O)cc5c4S(=O)(=O)O)c(N)c3c2O)c([N+](=O)[O-])c1. The van der Waals surface area contributed by atoms with Gasteiger partial charge in [0.25, 0.3) is 46.2 Å². The number of hydrogen-bond acceptors (Lipinski definition) is 22. The molecule has 0 aliphatic rings. The van der Waals surface area contributed by atoms with Crippen LogP contribution in [0, 0.1) is 21.8 Å². The largest absolute Gasteiger partial charge is 0.505 e. The summed E-state index contributed by atoms with van der Waals surface area (Å²) in [6, 6.07) is 19.0. The Kier molecular flexibility index (Phi) is 13.8. The van der Waals surface area contributed by atoms with Gasteiger partial charge in [0.2, 0.25) is 0 Å². The zero-order valence-electron chi connectivity index (χ0n) is 34.8. The molecular formula is C40H26N10O16S5. The predicted octanol–water partition coefficient (Wildman–Crippen LogP) is 10.2. The molecule has 0 aliphatic carbocycles. The zero-order chi connectivity index (χ0) is 51.8. The van der Waals surface area contributed by atoms with E-state index in [4.69, 9.17) is 16.7 Å². The monoisotopic (exact) mass is 1060 g/mol. The van der Waals surface area contributed by atoms with Gasteiger partial charge in [0, 0.05) is 27.1 Å². The summed E-state index contributed by atoms with van der Waals surface area (Å²) >= 11 is 0.855. The summed E-state index contributed by atoms with van der Waals surface area (Å²) in [5.74, 6) is -1.96. The van der Waals surface area contributed by atoms with E-state index in [2.05, 4.69) is 46.2 Å². The van der Waals surface area contributed by atoms with E-state index in [1.54, 1.807) is 0 Å². The number of nitro benzene ring substituents is 1. The molecule has 0 fully saturated rings. The first-order chi connectivity index (χ1) is 33.3. The van der Waals surface area contributed by atoms with E-state index in [1.807, 2.05) is 0 Å². The summed E-state index contributed by atoms with van der Waals surface area (Å²) in [7, 11) is -20.5. The number of nitrogens with zero attached hydrogens (tertiary/aromatic N) is 9. The van der Waals surface area contributed by atoms with Crippen LogP contribution in [0.25, 0.3) is 21.5 Å². The molecule has 7 rings (SSSR count). The molecule has 0 aliphatic heterocycles. The number of fused-ring (bicyclic) bond motifs is 2. The summed E-state index contributed by atoms with van der Waals surface area (Å²) < 4.78 is 139. The number of nitro groups is 1. The first-order valence-electron chi connectivity index (χ1n) is 18.8. The van der Waals surface area contributed by atoms with E-state index in [1.165, 1.54) is 48.5 Å². The minimum absolute atomic E-state index is 0.0176. The van der Waals surface area contributed by atoms with Gasteiger partial charge >= 0.3 is 0 Å². The van der Waals surface area contributed by atoms with E-state index in [0.29, 0.717) is 17.0 Å². The average Bonchev–Trinajstić information content (AvgIpc) is 3.29. The Morgan fingerprint density at radius 1 is 0.535 bits per heavy atom. The van der Waals surface area contributed by atoms with E-state index >= 15 is 0 Å². The van der Waals surface area contributed by atoms with E-state index in [9.17, 15) is 67.7 Å². The van der Waals surface area contributed by atoms with Crippen molar-refractivity contribution in [2.75, 3.05) is 5.73 Å². The molecule has 0 radical (unpaired) electrons. The van der Waals surface area contributed by atoms with Gasteiger partial charge in [0.15, 0.2) is 17.2 Å². The van der Waals surface area contributed by atoms with Crippen molar-refractivity contribution in [1.29, 1.82) is 0 Å². The minimum Gasteiger partial charge on any atom is -0.505 e. The Morgan fingerprint density at radius 3 is 1.59 bits per heavy atom. The molecule has 0 amide bonds. The van der Waals surface area contributed by atoms with Crippen LogP contribution in [0.2, 0.25) is 0 Å². The van der Waals surface area contributed by atoms with Crippen LogP contribution in [0.3, 0.4) is 0 Å². The van der Waals surface area contributed by atoms with Crippen LogP contribution in [0.1, 0.15) is 0 Å². The number of terminal acetylenes is 1. The van der Waals surface area contributed by atoms with Gasteiger partial charge in [-0.2, -0.15) is 49.0 Å². The second-order valence-corrected chi connectivity index (χ2v) is 20.6. The fourth-order valence-electron chi connectivity index (χ4n) is 6.44. The lowest BCUT2D eigenvalue weighted by Gasteiger charge is -2.13. The van der Waals surface area contributed by atoms with Crippen molar-refractivity contribution in [1.82, 2.24) is 0 Å². The summed E-state index contributed by atoms with van der Waals surface area (Å²) in [5.41, 5.74) is 2.60. The van der Waals surface area contributed by atoms with Gasteiger partial charge in [-0.1, -0.05) is 6.07 Å². The molecule has 0 unspecified atom stereocenters. The van der Waals surface area contributed by atoms with Crippen molar-refractivity contribution in [3.63, 3.8) is 0 Å². The van der Waals surface area contributed by atoms with E-state index < -0.39 is 127 Å². The maximum Gasteiger partial charge on any atom is 0.297 e. The molecule has 8 N–H and O–H groups in total. The third-order valence-electron chi connectivity index (χ3n) is 9.59. The van der Waals surface area contributed by atoms with Gasteiger partial charge in [-0.05, 0) is 108 Å². The average molecular weight is 1060 g/mol. The number of hydrogen-bond donors (Lipinski definition) is 7. The molecule has 71 heavy (non-hydrogen) atoms. The molecular weight excluding hydrogens is 1040 g/mol. The van der Waals surface area contributed by atoms with Crippen LogP contribution in [-0.4, -0.2) is 67.0 Å². The zero-order valence-corrected chi connectivity index (χ0v) is 38.9. The maximum absolute atomic E-state index is 13.0. The van der Waals surface area contributed by atoms with Crippen molar-refractivity contribution < 1.29 is 67.0 Å². The number of phenols is 2. The fraction of sp³-hybridized carbons (Fsp3) is 0. The van der Waals surface area contributed by atoms with Gasteiger partial charge < -0.3 is 15.9 Å². The van der Waals surface area contributed by atoms with Gasteiger partial charge in [-0.15, -0.1) is 32.0 Å². The minimum atomic E-state index is -5.51. The maximum atomic E-state index is 13.0. The lowest BCUT2D eigenvalue weighted by atomic mass is 10.1.